The van der Waals surface area contributed by atoms with E-state index in [1.807, 2.05) is 0 Å². The summed E-state index contributed by atoms with van der Waals surface area (Å²) in [6.45, 7) is 6.25. The molecule has 0 bridgehead atoms. The van der Waals surface area contributed by atoms with Crippen LogP contribution >= 0.6 is 0 Å². The molecule has 1 aliphatic carbocycles. The first kappa shape index (κ1) is 16.2. The highest BCUT2D eigenvalue weighted by Gasteiger charge is 2.45. The van der Waals surface area contributed by atoms with Gasteiger partial charge in [0.2, 0.25) is 0 Å². The van der Waals surface area contributed by atoms with E-state index in [4.69, 9.17) is 4.74 Å². The molecule has 1 aliphatic heterocycles. The van der Waals surface area contributed by atoms with Gasteiger partial charge in [-0.25, -0.2) is 0 Å². The normalized spacial score (nSPS) is 26.7. The molecule has 0 aromatic carbocycles. The second-order valence-corrected chi connectivity index (χ2v) is 6.70. The molecule has 1 saturated carbocycles. The highest BCUT2D eigenvalue weighted by molar-refractivity contribution is 5.02. The van der Waals surface area contributed by atoms with Crippen LogP contribution in [-0.2, 0) is 4.74 Å². The van der Waals surface area contributed by atoms with Gasteiger partial charge in [0, 0.05) is 19.7 Å². The Morgan fingerprint density at radius 3 is 2.65 bits per heavy atom. The second-order valence-electron chi connectivity index (χ2n) is 6.70. The van der Waals surface area contributed by atoms with Crippen LogP contribution in [0.5, 0.6) is 0 Å². The number of nitrogens with one attached hydrogen (secondary N) is 1. The van der Waals surface area contributed by atoms with Gasteiger partial charge in [-0.2, -0.15) is 0 Å². The number of ether oxygens (including phenoxy) is 1. The van der Waals surface area contributed by atoms with Crippen LogP contribution in [0.1, 0.15) is 45.4 Å². The van der Waals surface area contributed by atoms with Crippen LogP contribution in [-0.4, -0.2) is 61.5 Å². The Balaban J connectivity index is 1.85. The number of hydrogen-bond acceptors (Lipinski definition) is 4. The summed E-state index contributed by atoms with van der Waals surface area (Å²) < 4.78 is 5.83. The van der Waals surface area contributed by atoms with Crippen molar-refractivity contribution in [1.29, 1.82) is 0 Å². The fourth-order valence-electron chi connectivity index (χ4n) is 3.42. The smallest absolute Gasteiger partial charge is 0.0701 e. The minimum Gasteiger partial charge on any atom is -0.394 e. The minimum absolute atomic E-state index is 0.0978. The molecule has 20 heavy (non-hydrogen) atoms. The van der Waals surface area contributed by atoms with E-state index in [1.165, 1.54) is 32.1 Å². The molecule has 1 heterocycles. The lowest BCUT2D eigenvalue weighted by molar-refractivity contribution is -0.00949. The van der Waals surface area contributed by atoms with Crippen LogP contribution in [0, 0.1) is 5.92 Å². The monoisotopic (exact) mass is 284 g/mol. The average molecular weight is 284 g/mol. The molecule has 0 aromatic rings. The minimum atomic E-state index is -0.0978. The summed E-state index contributed by atoms with van der Waals surface area (Å²) in [6.07, 6.45) is 7.69. The summed E-state index contributed by atoms with van der Waals surface area (Å²) in [6, 6.07) is 0. The number of rotatable bonds is 9. The van der Waals surface area contributed by atoms with E-state index in [-0.39, 0.29) is 12.1 Å². The third-order valence-electron chi connectivity index (χ3n) is 4.71. The summed E-state index contributed by atoms with van der Waals surface area (Å²) in [7, 11) is 2.17. The molecule has 2 fully saturated rings. The van der Waals surface area contributed by atoms with E-state index in [9.17, 15) is 5.11 Å². The van der Waals surface area contributed by atoms with Gasteiger partial charge in [0.25, 0.3) is 0 Å². The zero-order valence-corrected chi connectivity index (χ0v) is 13.2. The molecule has 1 saturated heterocycles. The van der Waals surface area contributed by atoms with Gasteiger partial charge < -0.3 is 20.1 Å². The molecular weight excluding hydrogens is 252 g/mol. The predicted molar refractivity (Wildman–Crippen MR) is 81.9 cm³/mol. The predicted octanol–water partition coefficient (Wildman–Crippen LogP) is 1.63. The van der Waals surface area contributed by atoms with Crippen LogP contribution < -0.4 is 5.32 Å². The fraction of sp³-hybridized carbons (Fsp3) is 1.00. The third-order valence-corrected chi connectivity index (χ3v) is 4.71. The zero-order valence-electron chi connectivity index (χ0n) is 13.2. The lowest BCUT2D eigenvalue weighted by atomic mass is 9.92. The average Bonchev–Trinajstić information content (AvgIpc) is 3.29. The zero-order chi connectivity index (χ0) is 14.4. The maximum atomic E-state index is 9.95. The van der Waals surface area contributed by atoms with Crippen molar-refractivity contribution in [3.63, 3.8) is 0 Å². The van der Waals surface area contributed by atoms with Crippen molar-refractivity contribution in [1.82, 2.24) is 10.2 Å². The number of aliphatic hydroxyl groups excluding tert-OH is 1. The van der Waals surface area contributed by atoms with Crippen molar-refractivity contribution in [2.45, 2.75) is 57.1 Å². The molecule has 2 unspecified atom stereocenters. The van der Waals surface area contributed by atoms with Gasteiger partial charge in [-0.3, -0.25) is 0 Å². The highest BCUT2D eigenvalue weighted by atomic mass is 16.5. The lowest BCUT2D eigenvalue weighted by Crippen LogP contribution is -2.58. The fourth-order valence-corrected chi connectivity index (χ4v) is 3.42. The molecule has 2 N–H and O–H groups in total. The van der Waals surface area contributed by atoms with Gasteiger partial charge in [-0.05, 0) is 58.0 Å². The van der Waals surface area contributed by atoms with E-state index in [1.54, 1.807) is 0 Å². The lowest BCUT2D eigenvalue weighted by Gasteiger charge is -2.38. The van der Waals surface area contributed by atoms with Gasteiger partial charge in [0.15, 0.2) is 0 Å². The Labute approximate surface area is 123 Å². The van der Waals surface area contributed by atoms with Crippen LogP contribution in [0.15, 0.2) is 0 Å². The Morgan fingerprint density at radius 2 is 2.10 bits per heavy atom. The molecule has 118 valence electrons. The molecule has 0 radical (unpaired) electrons. The summed E-state index contributed by atoms with van der Waals surface area (Å²) in [4.78, 5) is 2.35. The van der Waals surface area contributed by atoms with E-state index in [0.717, 1.165) is 32.7 Å². The van der Waals surface area contributed by atoms with Gasteiger partial charge in [-0.1, -0.05) is 6.92 Å². The first-order valence-corrected chi connectivity index (χ1v) is 8.36. The molecule has 2 rings (SSSR count). The van der Waals surface area contributed by atoms with Crippen molar-refractivity contribution in [2.75, 3.05) is 39.9 Å². The molecule has 0 spiro atoms. The van der Waals surface area contributed by atoms with Crippen LogP contribution in [0.3, 0.4) is 0 Å². The van der Waals surface area contributed by atoms with Gasteiger partial charge >= 0.3 is 0 Å². The van der Waals surface area contributed by atoms with Crippen LogP contribution in [0.25, 0.3) is 0 Å². The van der Waals surface area contributed by atoms with E-state index >= 15 is 0 Å². The van der Waals surface area contributed by atoms with Crippen LogP contribution in [0.2, 0.25) is 0 Å². The van der Waals surface area contributed by atoms with Crippen molar-refractivity contribution >= 4 is 0 Å². The second kappa shape index (κ2) is 7.74. The molecule has 2 aliphatic rings. The molecule has 0 amide bonds. The molecule has 4 heteroatoms. The maximum Gasteiger partial charge on any atom is 0.0701 e. The summed E-state index contributed by atoms with van der Waals surface area (Å²) >= 11 is 0. The van der Waals surface area contributed by atoms with Gasteiger partial charge in [-0.15, -0.1) is 0 Å². The summed E-state index contributed by atoms with van der Waals surface area (Å²) in [5.41, 5.74) is -0.0978. The Morgan fingerprint density at radius 1 is 1.30 bits per heavy atom. The van der Waals surface area contributed by atoms with Crippen molar-refractivity contribution < 1.29 is 9.84 Å². The standard InChI is InChI=1S/C16H32N2O2/c1-3-9-17-16(13-19,14-7-8-14)12-18(2)11-15-6-4-5-10-20-15/h14-15,17,19H,3-13H2,1-2H3. The Bertz CT molecular complexity index is 278. The molecule has 0 aromatic heterocycles. The topological polar surface area (TPSA) is 44.7 Å². The van der Waals surface area contributed by atoms with Gasteiger partial charge in [0.1, 0.15) is 0 Å². The first-order chi connectivity index (χ1) is 9.70. The van der Waals surface area contributed by atoms with Crippen molar-refractivity contribution in [3.05, 3.63) is 0 Å². The molecular formula is C16H32N2O2. The number of aliphatic hydroxyl groups is 1. The van der Waals surface area contributed by atoms with Crippen molar-refractivity contribution in [3.8, 4) is 0 Å². The molecule has 4 nitrogen and oxygen atoms in total. The summed E-state index contributed by atoms with van der Waals surface area (Å²) in [5.74, 6) is 0.647. The van der Waals surface area contributed by atoms with E-state index < -0.39 is 0 Å². The maximum absolute atomic E-state index is 9.95. The third kappa shape index (κ3) is 4.42. The quantitative estimate of drug-likeness (QED) is 0.675. The SMILES string of the molecule is CCCNC(CO)(CN(C)CC1CCCCO1)C1CC1. The van der Waals surface area contributed by atoms with Crippen LogP contribution in [0.4, 0.5) is 0 Å². The number of nitrogens with zero attached hydrogens (tertiary/aromatic N) is 1. The van der Waals surface area contributed by atoms with E-state index in [2.05, 4.69) is 24.2 Å². The number of hydrogen-bond donors (Lipinski definition) is 2. The summed E-state index contributed by atoms with van der Waals surface area (Å²) in [5, 5.41) is 13.6. The highest BCUT2D eigenvalue weighted by Crippen LogP contribution is 2.40. The number of likely N-dealkylation sites (N-methyl/N-ethyl adjacent to an activating group) is 1. The Hall–Kier alpha value is -0.160. The molecule has 2 atom stereocenters. The van der Waals surface area contributed by atoms with Crippen molar-refractivity contribution in [2.24, 2.45) is 5.92 Å². The largest absolute Gasteiger partial charge is 0.394 e. The first-order valence-electron chi connectivity index (χ1n) is 8.36. The Kier molecular flexibility index (Phi) is 6.27. The van der Waals surface area contributed by atoms with Gasteiger partial charge in [0.05, 0.1) is 18.2 Å². The van der Waals surface area contributed by atoms with E-state index in [0.29, 0.717) is 12.0 Å².